The maximum atomic E-state index is 8.31. The Kier molecular flexibility index (Phi) is 5.67. The van der Waals surface area contributed by atoms with Crippen molar-refractivity contribution in [3.8, 4) is 0 Å². The van der Waals surface area contributed by atoms with Crippen molar-refractivity contribution in [2.75, 3.05) is 6.54 Å². The fraction of sp³-hybridized carbons (Fsp3) is 0.444. The molecule has 4 nitrogen and oxygen atoms in total. The maximum absolute atomic E-state index is 8.31. The third-order valence-electron chi connectivity index (χ3n) is 1.84. The molecule has 0 saturated carbocycles. The first-order valence-corrected chi connectivity index (χ1v) is 6.29. The SMILES string of the molecule is NC(CCCNCc1cc(Br)cs1)=NO. The molecule has 6 heteroatoms. The zero-order chi connectivity index (χ0) is 11.1. The summed E-state index contributed by atoms with van der Waals surface area (Å²) >= 11 is 5.13. The Bertz CT molecular complexity index is 327. The summed E-state index contributed by atoms with van der Waals surface area (Å²) in [7, 11) is 0. The second kappa shape index (κ2) is 6.81. The lowest BCUT2D eigenvalue weighted by Crippen LogP contribution is -2.18. The van der Waals surface area contributed by atoms with Crippen LogP contribution in [-0.4, -0.2) is 17.6 Å². The van der Waals surface area contributed by atoms with Gasteiger partial charge in [-0.15, -0.1) is 11.3 Å². The maximum Gasteiger partial charge on any atom is 0.139 e. The predicted octanol–water partition coefficient (Wildman–Crippen LogP) is 2.13. The number of amidine groups is 1. The number of hydrogen-bond donors (Lipinski definition) is 3. The van der Waals surface area contributed by atoms with Crippen molar-refractivity contribution in [2.45, 2.75) is 19.4 Å². The Morgan fingerprint density at radius 2 is 2.47 bits per heavy atom. The molecule has 0 aromatic carbocycles. The molecule has 0 aliphatic rings. The first-order chi connectivity index (χ1) is 7.22. The number of nitrogens with one attached hydrogen (secondary N) is 1. The molecule has 0 bridgehead atoms. The van der Waals surface area contributed by atoms with Crippen LogP contribution in [0, 0.1) is 0 Å². The average Bonchev–Trinajstić information content (AvgIpc) is 2.63. The van der Waals surface area contributed by atoms with Gasteiger partial charge in [0.1, 0.15) is 5.84 Å². The summed E-state index contributed by atoms with van der Waals surface area (Å²) < 4.78 is 1.13. The highest BCUT2D eigenvalue weighted by Crippen LogP contribution is 2.19. The van der Waals surface area contributed by atoms with E-state index in [1.165, 1.54) is 4.88 Å². The van der Waals surface area contributed by atoms with E-state index in [1.807, 2.05) is 0 Å². The molecule has 0 aliphatic carbocycles. The van der Waals surface area contributed by atoms with Gasteiger partial charge >= 0.3 is 0 Å². The molecule has 84 valence electrons. The van der Waals surface area contributed by atoms with Crippen LogP contribution in [0.25, 0.3) is 0 Å². The van der Waals surface area contributed by atoms with Crippen molar-refractivity contribution in [2.24, 2.45) is 10.9 Å². The van der Waals surface area contributed by atoms with E-state index in [0.29, 0.717) is 6.42 Å². The Labute approximate surface area is 101 Å². The Balaban J connectivity index is 2.07. The summed E-state index contributed by atoms with van der Waals surface area (Å²) in [5.74, 6) is 0.288. The van der Waals surface area contributed by atoms with Gasteiger partial charge in [-0.25, -0.2) is 0 Å². The molecule has 0 unspecified atom stereocenters. The second-order valence-electron chi connectivity index (χ2n) is 3.10. The van der Waals surface area contributed by atoms with Crippen LogP contribution in [0.1, 0.15) is 17.7 Å². The quantitative estimate of drug-likeness (QED) is 0.247. The van der Waals surface area contributed by atoms with Crippen molar-refractivity contribution in [3.05, 3.63) is 20.8 Å². The van der Waals surface area contributed by atoms with Crippen LogP contribution in [0.4, 0.5) is 0 Å². The van der Waals surface area contributed by atoms with Crippen LogP contribution in [0.3, 0.4) is 0 Å². The van der Waals surface area contributed by atoms with Crippen LogP contribution in [0.15, 0.2) is 21.1 Å². The van der Waals surface area contributed by atoms with E-state index >= 15 is 0 Å². The largest absolute Gasteiger partial charge is 0.409 e. The zero-order valence-electron chi connectivity index (χ0n) is 8.24. The van der Waals surface area contributed by atoms with Crippen molar-refractivity contribution in [1.82, 2.24) is 5.32 Å². The summed E-state index contributed by atoms with van der Waals surface area (Å²) in [5.41, 5.74) is 5.34. The lowest BCUT2D eigenvalue weighted by molar-refractivity contribution is 0.316. The van der Waals surface area contributed by atoms with Crippen LogP contribution in [0.2, 0.25) is 0 Å². The van der Waals surface area contributed by atoms with E-state index in [2.05, 4.69) is 37.8 Å². The van der Waals surface area contributed by atoms with Gasteiger partial charge in [0.15, 0.2) is 0 Å². The third kappa shape index (κ3) is 5.15. The molecule has 1 heterocycles. The monoisotopic (exact) mass is 291 g/mol. The molecule has 0 saturated heterocycles. The summed E-state index contributed by atoms with van der Waals surface area (Å²) in [6.45, 7) is 1.73. The van der Waals surface area contributed by atoms with Crippen molar-refractivity contribution in [3.63, 3.8) is 0 Å². The van der Waals surface area contributed by atoms with E-state index < -0.39 is 0 Å². The van der Waals surface area contributed by atoms with Crippen LogP contribution < -0.4 is 11.1 Å². The zero-order valence-corrected chi connectivity index (χ0v) is 10.6. The normalized spacial score (nSPS) is 11.9. The topological polar surface area (TPSA) is 70.6 Å². The van der Waals surface area contributed by atoms with Gasteiger partial charge in [0.25, 0.3) is 0 Å². The van der Waals surface area contributed by atoms with Crippen molar-refractivity contribution >= 4 is 33.1 Å². The average molecular weight is 292 g/mol. The lowest BCUT2D eigenvalue weighted by atomic mass is 10.3. The molecule has 1 aromatic rings. The fourth-order valence-corrected chi connectivity index (χ4v) is 2.52. The first-order valence-electron chi connectivity index (χ1n) is 4.62. The van der Waals surface area contributed by atoms with Crippen LogP contribution in [0.5, 0.6) is 0 Å². The first kappa shape index (κ1) is 12.5. The molecule has 1 aromatic heterocycles. The summed E-state index contributed by atoms with van der Waals surface area (Å²) in [4.78, 5) is 1.30. The standard InChI is InChI=1S/C9H14BrN3OS/c10-7-4-8(15-6-7)5-12-3-1-2-9(11)13-14/h4,6,12,14H,1-3,5H2,(H2,11,13). The summed E-state index contributed by atoms with van der Waals surface area (Å²) in [5, 5.41) is 16.6. The van der Waals surface area contributed by atoms with Gasteiger partial charge in [-0.1, -0.05) is 5.16 Å². The second-order valence-corrected chi connectivity index (χ2v) is 5.01. The minimum Gasteiger partial charge on any atom is -0.409 e. The Morgan fingerprint density at radius 3 is 3.07 bits per heavy atom. The minimum absolute atomic E-state index is 0.288. The number of hydrogen-bond acceptors (Lipinski definition) is 4. The highest BCUT2D eigenvalue weighted by molar-refractivity contribution is 9.10. The van der Waals surface area contributed by atoms with Gasteiger partial charge in [-0.05, 0) is 35.0 Å². The van der Waals surface area contributed by atoms with Gasteiger partial charge < -0.3 is 16.3 Å². The highest BCUT2D eigenvalue weighted by Gasteiger charge is 1.97. The van der Waals surface area contributed by atoms with E-state index in [9.17, 15) is 0 Å². The number of halogens is 1. The molecule has 0 aliphatic heterocycles. The lowest BCUT2D eigenvalue weighted by Gasteiger charge is -2.01. The van der Waals surface area contributed by atoms with Gasteiger partial charge in [0.2, 0.25) is 0 Å². The molecule has 15 heavy (non-hydrogen) atoms. The smallest absolute Gasteiger partial charge is 0.139 e. The number of thiophene rings is 1. The predicted molar refractivity (Wildman–Crippen MR) is 66.4 cm³/mol. The van der Waals surface area contributed by atoms with E-state index in [4.69, 9.17) is 10.9 Å². The minimum atomic E-state index is 0.288. The number of nitrogens with two attached hydrogens (primary N) is 1. The molecule has 0 atom stereocenters. The van der Waals surface area contributed by atoms with Gasteiger partial charge in [0, 0.05) is 27.7 Å². The summed E-state index contributed by atoms with van der Waals surface area (Å²) in [6.07, 6.45) is 1.50. The molecule has 4 N–H and O–H groups in total. The van der Waals surface area contributed by atoms with E-state index in [1.54, 1.807) is 11.3 Å². The molecular weight excluding hydrogens is 278 g/mol. The van der Waals surface area contributed by atoms with Gasteiger partial charge in [0.05, 0.1) is 0 Å². The Hall–Kier alpha value is -0.590. The van der Waals surface area contributed by atoms with Gasteiger partial charge in [-0.2, -0.15) is 0 Å². The van der Waals surface area contributed by atoms with Crippen molar-refractivity contribution < 1.29 is 5.21 Å². The van der Waals surface area contributed by atoms with Crippen LogP contribution in [-0.2, 0) is 6.54 Å². The fourth-order valence-electron chi connectivity index (χ4n) is 1.10. The molecule has 0 fully saturated rings. The Morgan fingerprint density at radius 1 is 1.67 bits per heavy atom. The number of nitrogens with zero attached hydrogens (tertiary/aromatic N) is 1. The third-order valence-corrected chi connectivity index (χ3v) is 3.53. The van der Waals surface area contributed by atoms with E-state index in [0.717, 1.165) is 24.0 Å². The molecular formula is C9H14BrN3OS. The van der Waals surface area contributed by atoms with Crippen molar-refractivity contribution in [1.29, 1.82) is 0 Å². The summed E-state index contributed by atoms with van der Waals surface area (Å²) in [6, 6.07) is 2.10. The van der Waals surface area contributed by atoms with Crippen LogP contribution >= 0.6 is 27.3 Å². The molecule has 0 radical (unpaired) electrons. The van der Waals surface area contributed by atoms with E-state index in [-0.39, 0.29) is 5.84 Å². The molecule has 1 rings (SSSR count). The number of oxime groups is 1. The highest BCUT2D eigenvalue weighted by atomic mass is 79.9. The molecule has 0 amide bonds. The number of rotatable bonds is 6. The van der Waals surface area contributed by atoms with Gasteiger partial charge in [-0.3, -0.25) is 0 Å². The molecule has 0 spiro atoms.